The second-order valence-corrected chi connectivity index (χ2v) is 7.61. The van der Waals surface area contributed by atoms with Gasteiger partial charge in [-0.05, 0) is 37.3 Å². The van der Waals surface area contributed by atoms with Crippen molar-refractivity contribution >= 4 is 11.8 Å². The van der Waals surface area contributed by atoms with Gasteiger partial charge in [-0.3, -0.25) is 0 Å². The van der Waals surface area contributed by atoms with Crippen molar-refractivity contribution in [3.63, 3.8) is 0 Å². The molecule has 158 valence electrons. The third-order valence-corrected chi connectivity index (χ3v) is 5.34. The lowest BCUT2D eigenvalue weighted by molar-refractivity contribution is 0.436. The number of piperidine rings is 1. The number of anilines is 1. The third-order valence-electron chi connectivity index (χ3n) is 5.34. The minimum absolute atomic E-state index is 0.604. The van der Waals surface area contributed by atoms with Gasteiger partial charge in [0, 0.05) is 45.3 Å². The summed E-state index contributed by atoms with van der Waals surface area (Å²) < 4.78 is 2.07. The van der Waals surface area contributed by atoms with Gasteiger partial charge in [0.05, 0.1) is 6.54 Å². The van der Waals surface area contributed by atoms with Crippen LogP contribution >= 0.6 is 0 Å². The van der Waals surface area contributed by atoms with Crippen molar-refractivity contribution in [1.82, 2.24) is 30.4 Å². The van der Waals surface area contributed by atoms with Crippen molar-refractivity contribution in [3.05, 3.63) is 36.0 Å². The summed E-state index contributed by atoms with van der Waals surface area (Å²) >= 11 is 0. The lowest BCUT2D eigenvalue weighted by atomic mass is 9.99. The summed E-state index contributed by atoms with van der Waals surface area (Å²) in [4.78, 5) is 11.7. The van der Waals surface area contributed by atoms with Gasteiger partial charge >= 0.3 is 0 Å². The molecular weight excluding hydrogens is 364 g/mol. The molecule has 8 heteroatoms. The number of nitrogens with zero attached hydrogens (tertiary/aromatic N) is 6. The Morgan fingerprint density at radius 2 is 2.03 bits per heavy atom. The second kappa shape index (κ2) is 10.8. The molecule has 0 amide bonds. The van der Waals surface area contributed by atoms with Crippen LogP contribution < -0.4 is 15.5 Å². The smallest absolute Gasteiger partial charge is 0.191 e. The highest BCUT2D eigenvalue weighted by Gasteiger charge is 2.16. The third kappa shape index (κ3) is 6.17. The Hall–Kier alpha value is -2.64. The van der Waals surface area contributed by atoms with E-state index < -0.39 is 0 Å². The lowest BCUT2D eigenvalue weighted by Crippen LogP contribution is -2.38. The molecule has 2 aromatic heterocycles. The molecule has 0 bridgehead atoms. The molecule has 1 saturated heterocycles. The van der Waals surface area contributed by atoms with Crippen LogP contribution in [0.1, 0.15) is 45.0 Å². The largest absolute Gasteiger partial charge is 0.357 e. The maximum absolute atomic E-state index is 4.70. The van der Waals surface area contributed by atoms with E-state index in [1.54, 1.807) is 6.33 Å². The molecule has 0 spiro atoms. The lowest BCUT2D eigenvalue weighted by Gasteiger charge is -2.31. The van der Waals surface area contributed by atoms with Crippen LogP contribution in [0.2, 0.25) is 0 Å². The molecule has 3 heterocycles. The molecule has 1 aliphatic rings. The van der Waals surface area contributed by atoms with E-state index in [2.05, 4.69) is 68.2 Å². The van der Waals surface area contributed by atoms with Crippen LogP contribution in [0.4, 0.5) is 5.82 Å². The summed E-state index contributed by atoms with van der Waals surface area (Å²) in [6.45, 7) is 11.7. The number of hydrogen-bond donors (Lipinski definition) is 2. The van der Waals surface area contributed by atoms with Gasteiger partial charge in [-0.15, -0.1) is 10.2 Å². The Morgan fingerprint density at radius 3 is 2.72 bits per heavy atom. The average molecular weight is 399 g/mol. The van der Waals surface area contributed by atoms with Crippen molar-refractivity contribution in [2.75, 3.05) is 31.1 Å². The maximum Gasteiger partial charge on any atom is 0.191 e. The van der Waals surface area contributed by atoms with Crippen LogP contribution in [0.25, 0.3) is 0 Å². The summed E-state index contributed by atoms with van der Waals surface area (Å²) in [5.41, 5.74) is 1.11. The molecule has 8 nitrogen and oxygen atoms in total. The molecule has 0 radical (unpaired) electrons. The monoisotopic (exact) mass is 398 g/mol. The van der Waals surface area contributed by atoms with E-state index in [9.17, 15) is 0 Å². The van der Waals surface area contributed by atoms with E-state index in [0.717, 1.165) is 68.2 Å². The topological polar surface area (TPSA) is 83.3 Å². The molecule has 3 rings (SSSR count). The number of pyridine rings is 1. The Balaban J connectivity index is 1.51. The van der Waals surface area contributed by atoms with Crippen molar-refractivity contribution in [2.45, 2.75) is 53.1 Å². The van der Waals surface area contributed by atoms with Gasteiger partial charge < -0.3 is 20.1 Å². The quantitative estimate of drug-likeness (QED) is 0.524. The van der Waals surface area contributed by atoms with E-state index in [0.29, 0.717) is 6.54 Å². The molecule has 1 fully saturated rings. The summed E-state index contributed by atoms with van der Waals surface area (Å²) in [7, 11) is 0. The molecule has 0 aromatic carbocycles. The zero-order valence-electron chi connectivity index (χ0n) is 17.9. The van der Waals surface area contributed by atoms with Gasteiger partial charge in [0.2, 0.25) is 0 Å². The highest BCUT2D eigenvalue weighted by molar-refractivity contribution is 5.79. The summed E-state index contributed by atoms with van der Waals surface area (Å²) in [6, 6.07) is 4.26. The van der Waals surface area contributed by atoms with Crippen molar-refractivity contribution in [1.29, 1.82) is 0 Å². The molecule has 0 atom stereocenters. The first kappa shape index (κ1) is 21.1. The van der Waals surface area contributed by atoms with Crippen LogP contribution in [-0.2, 0) is 19.5 Å². The van der Waals surface area contributed by atoms with Gasteiger partial charge in [-0.1, -0.05) is 19.9 Å². The Kier molecular flexibility index (Phi) is 7.84. The number of aliphatic imine (C=N–C) groups is 1. The summed E-state index contributed by atoms with van der Waals surface area (Å²) in [5, 5.41) is 14.8. The fourth-order valence-corrected chi connectivity index (χ4v) is 3.48. The van der Waals surface area contributed by atoms with E-state index in [1.165, 1.54) is 12.8 Å². The maximum atomic E-state index is 4.70. The number of guanidine groups is 1. The van der Waals surface area contributed by atoms with Gasteiger partial charge in [0.25, 0.3) is 0 Å². The molecule has 2 aromatic rings. The second-order valence-electron chi connectivity index (χ2n) is 7.61. The van der Waals surface area contributed by atoms with Crippen molar-refractivity contribution in [3.8, 4) is 0 Å². The first-order valence-electron chi connectivity index (χ1n) is 10.8. The molecule has 1 aliphatic heterocycles. The number of aryl methyl sites for hydroxylation is 1. The normalized spacial score (nSPS) is 15.6. The molecule has 0 unspecified atom stereocenters. The molecule has 2 N–H and O–H groups in total. The van der Waals surface area contributed by atoms with Crippen molar-refractivity contribution in [2.24, 2.45) is 10.9 Å². The molecule has 0 saturated carbocycles. The van der Waals surface area contributed by atoms with Crippen LogP contribution in [0.15, 0.2) is 29.6 Å². The standard InChI is InChI=1S/C21H34N8/c1-4-19-27-26-16-29(19)13-10-23-21(22-5-2)25-15-18-6-7-20(24-14-18)28-11-8-17(3)9-12-28/h6-7,14,16-17H,4-5,8-13,15H2,1-3H3,(H2,22,23,25). The van der Waals surface area contributed by atoms with Crippen LogP contribution in [0, 0.1) is 5.92 Å². The van der Waals surface area contributed by atoms with E-state index >= 15 is 0 Å². The average Bonchev–Trinajstić information content (AvgIpc) is 3.20. The highest BCUT2D eigenvalue weighted by atomic mass is 15.3. The molecule has 0 aliphatic carbocycles. The Labute approximate surface area is 173 Å². The van der Waals surface area contributed by atoms with Gasteiger partial charge in [0.15, 0.2) is 5.96 Å². The minimum Gasteiger partial charge on any atom is -0.357 e. The van der Waals surface area contributed by atoms with Gasteiger partial charge in [-0.2, -0.15) is 0 Å². The van der Waals surface area contributed by atoms with Crippen LogP contribution in [0.5, 0.6) is 0 Å². The highest BCUT2D eigenvalue weighted by Crippen LogP contribution is 2.21. The SMILES string of the molecule is CCNC(=NCc1ccc(N2CCC(C)CC2)nc1)NCCn1cnnc1CC. The summed E-state index contributed by atoms with van der Waals surface area (Å²) in [6.07, 6.45) is 7.11. The zero-order chi connectivity index (χ0) is 20.5. The first-order chi connectivity index (χ1) is 14.2. The number of aromatic nitrogens is 4. The number of hydrogen-bond acceptors (Lipinski definition) is 5. The van der Waals surface area contributed by atoms with Crippen LogP contribution in [0.3, 0.4) is 0 Å². The Morgan fingerprint density at radius 1 is 1.21 bits per heavy atom. The fourth-order valence-electron chi connectivity index (χ4n) is 3.48. The number of rotatable bonds is 8. The van der Waals surface area contributed by atoms with Crippen LogP contribution in [-0.4, -0.2) is 51.9 Å². The van der Waals surface area contributed by atoms with Gasteiger partial charge in [0.1, 0.15) is 18.0 Å². The fraction of sp³-hybridized carbons (Fsp3) is 0.619. The predicted molar refractivity (Wildman–Crippen MR) is 117 cm³/mol. The minimum atomic E-state index is 0.604. The number of nitrogens with one attached hydrogen (secondary N) is 2. The predicted octanol–water partition coefficient (Wildman–Crippen LogP) is 2.23. The summed E-state index contributed by atoms with van der Waals surface area (Å²) in [5.74, 6) is 3.72. The first-order valence-corrected chi connectivity index (χ1v) is 10.8. The Bertz CT molecular complexity index is 759. The van der Waals surface area contributed by atoms with Gasteiger partial charge in [-0.25, -0.2) is 9.98 Å². The van der Waals surface area contributed by atoms with E-state index in [1.807, 2.05) is 6.20 Å². The van der Waals surface area contributed by atoms with Crippen molar-refractivity contribution < 1.29 is 0 Å². The zero-order valence-corrected chi connectivity index (χ0v) is 17.9. The molecule has 29 heavy (non-hydrogen) atoms. The van der Waals surface area contributed by atoms with E-state index in [-0.39, 0.29) is 0 Å². The van der Waals surface area contributed by atoms with E-state index in [4.69, 9.17) is 4.99 Å². The molecular formula is C21H34N8.